The number of aromatic nitrogens is 2. The van der Waals surface area contributed by atoms with Crippen molar-refractivity contribution in [1.29, 1.82) is 0 Å². The minimum Gasteiger partial charge on any atom is -0.303 e. The maximum absolute atomic E-state index is 13.7. The average molecular weight is 204 g/mol. The highest BCUT2D eigenvalue weighted by atomic mass is 19.1. The largest absolute Gasteiger partial charge is 0.303 e. The lowest BCUT2D eigenvalue weighted by Gasteiger charge is -2.08. The molecule has 0 amide bonds. The Morgan fingerprint density at radius 2 is 2.13 bits per heavy atom. The highest BCUT2D eigenvalue weighted by molar-refractivity contribution is 5.37. The molecule has 0 spiro atoms. The summed E-state index contributed by atoms with van der Waals surface area (Å²) in [6, 6.07) is 5.31. The molecule has 0 saturated carbocycles. The van der Waals surface area contributed by atoms with Gasteiger partial charge in [-0.05, 0) is 23.6 Å². The quantitative estimate of drug-likeness (QED) is 0.734. The minimum absolute atomic E-state index is 0.209. The molecule has 0 saturated heterocycles. The van der Waals surface area contributed by atoms with Gasteiger partial charge in [0.05, 0.1) is 12.0 Å². The number of imidazole rings is 1. The van der Waals surface area contributed by atoms with Crippen LogP contribution in [0.25, 0.3) is 5.69 Å². The van der Waals surface area contributed by atoms with Crippen molar-refractivity contribution >= 4 is 0 Å². The van der Waals surface area contributed by atoms with E-state index in [0.29, 0.717) is 11.6 Å². The molecule has 1 aromatic carbocycles. The molecule has 0 aliphatic rings. The molecular weight excluding hydrogens is 191 g/mol. The van der Waals surface area contributed by atoms with Gasteiger partial charge in [0.1, 0.15) is 5.82 Å². The third-order valence-electron chi connectivity index (χ3n) is 2.42. The summed E-state index contributed by atoms with van der Waals surface area (Å²) in [6.45, 7) is 4.09. The van der Waals surface area contributed by atoms with Gasteiger partial charge in [-0.3, -0.25) is 0 Å². The molecule has 0 unspecified atom stereocenters. The van der Waals surface area contributed by atoms with Crippen LogP contribution in [0.1, 0.15) is 25.3 Å². The van der Waals surface area contributed by atoms with Gasteiger partial charge in [0.15, 0.2) is 0 Å². The van der Waals surface area contributed by atoms with E-state index in [1.807, 2.05) is 19.9 Å². The first-order valence-electron chi connectivity index (χ1n) is 4.96. The van der Waals surface area contributed by atoms with Crippen LogP contribution in [0.2, 0.25) is 0 Å². The molecule has 0 atom stereocenters. The van der Waals surface area contributed by atoms with Crippen LogP contribution in [-0.4, -0.2) is 9.55 Å². The lowest BCUT2D eigenvalue weighted by atomic mass is 10.0. The molecule has 0 radical (unpaired) electrons. The summed E-state index contributed by atoms with van der Waals surface area (Å²) < 4.78 is 15.4. The number of nitrogens with zero attached hydrogens (tertiary/aromatic N) is 2. The van der Waals surface area contributed by atoms with Gasteiger partial charge in [0.25, 0.3) is 0 Å². The maximum atomic E-state index is 13.7. The molecule has 0 aliphatic carbocycles. The second-order valence-electron chi connectivity index (χ2n) is 3.84. The van der Waals surface area contributed by atoms with Crippen molar-refractivity contribution in [2.24, 2.45) is 0 Å². The maximum Gasteiger partial charge on any atom is 0.147 e. The lowest BCUT2D eigenvalue weighted by Crippen LogP contribution is -1.97. The highest BCUT2D eigenvalue weighted by Gasteiger charge is 2.06. The molecule has 15 heavy (non-hydrogen) atoms. The topological polar surface area (TPSA) is 17.8 Å². The molecule has 2 nitrogen and oxygen atoms in total. The molecular formula is C12H13FN2. The van der Waals surface area contributed by atoms with Crippen molar-refractivity contribution < 1.29 is 4.39 Å². The average Bonchev–Trinajstić information content (AvgIpc) is 2.70. The van der Waals surface area contributed by atoms with Gasteiger partial charge in [-0.2, -0.15) is 0 Å². The van der Waals surface area contributed by atoms with Crippen LogP contribution in [0.3, 0.4) is 0 Å². The van der Waals surface area contributed by atoms with E-state index in [1.165, 1.54) is 0 Å². The summed E-state index contributed by atoms with van der Waals surface area (Å²) in [7, 11) is 0. The first-order valence-corrected chi connectivity index (χ1v) is 4.96. The Balaban J connectivity index is 2.44. The van der Waals surface area contributed by atoms with E-state index >= 15 is 0 Å². The number of benzene rings is 1. The third kappa shape index (κ3) is 1.91. The van der Waals surface area contributed by atoms with Crippen molar-refractivity contribution in [3.63, 3.8) is 0 Å². The normalized spacial score (nSPS) is 10.9. The molecule has 0 bridgehead atoms. The van der Waals surface area contributed by atoms with Gasteiger partial charge in [-0.15, -0.1) is 0 Å². The summed E-state index contributed by atoms with van der Waals surface area (Å²) in [5, 5.41) is 0. The van der Waals surface area contributed by atoms with Crippen LogP contribution in [0.15, 0.2) is 36.9 Å². The van der Waals surface area contributed by atoms with Crippen molar-refractivity contribution in [1.82, 2.24) is 9.55 Å². The second kappa shape index (κ2) is 3.85. The molecule has 0 aliphatic heterocycles. The van der Waals surface area contributed by atoms with Gasteiger partial charge in [0, 0.05) is 12.4 Å². The molecule has 2 aromatic rings. The smallest absolute Gasteiger partial charge is 0.147 e. The fourth-order valence-corrected chi connectivity index (χ4v) is 1.49. The lowest BCUT2D eigenvalue weighted by molar-refractivity contribution is 0.613. The second-order valence-corrected chi connectivity index (χ2v) is 3.84. The Kier molecular flexibility index (Phi) is 2.54. The minimum atomic E-state index is -0.209. The Morgan fingerprint density at radius 1 is 1.33 bits per heavy atom. The standard InChI is InChI=1S/C12H13FN2/c1-9(2)10-3-4-12(11(13)7-10)15-6-5-14-8-15/h3-9H,1-2H3. The molecule has 3 heteroatoms. The summed E-state index contributed by atoms with van der Waals surface area (Å²) in [6.07, 6.45) is 4.96. The first-order chi connectivity index (χ1) is 7.18. The molecule has 2 rings (SSSR count). The molecule has 78 valence electrons. The Bertz CT molecular complexity index is 447. The first kappa shape index (κ1) is 9.90. The van der Waals surface area contributed by atoms with Gasteiger partial charge in [-0.1, -0.05) is 19.9 Å². The van der Waals surface area contributed by atoms with E-state index in [2.05, 4.69) is 4.98 Å². The predicted octanol–water partition coefficient (Wildman–Crippen LogP) is 3.13. The molecule has 1 heterocycles. The van der Waals surface area contributed by atoms with Crippen LogP contribution < -0.4 is 0 Å². The predicted molar refractivity (Wildman–Crippen MR) is 57.6 cm³/mol. The van der Waals surface area contributed by atoms with Crippen molar-refractivity contribution in [2.45, 2.75) is 19.8 Å². The highest BCUT2D eigenvalue weighted by Crippen LogP contribution is 2.20. The van der Waals surface area contributed by atoms with E-state index in [0.717, 1.165) is 5.56 Å². The van der Waals surface area contributed by atoms with E-state index in [4.69, 9.17) is 0 Å². The van der Waals surface area contributed by atoms with Gasteiger partial charge >= 0.3 is 0 Å². The van der Waals surface area contributed by atoms with E-state index in [-0.39, 0.29) is 5.82 Å². The third-order valence-corrected chi connectivity index (χ3v) is 2.42. The Morgan fingerprint density at radius 3 is 2.67 bits per heavy atom. The van der Waals surface area contributed by atoms with E-state index in [1.54, 1.807) is 35.4 Å². The zero-order chi connectivity index (χ0) is 10.8. The molecule has 1 aromatic heterocycles. The van der Waals surface area contributed by atoms with Crippen LogP contribution in [0, 0.1) is 5.82 Å². The fraction of sp³-hybridized carbons (Fsp3) is 0.250. The summed E-state index contributed by atoms with van der Waals surface area (Å²) >= 11 is 0. The van der Waals surface area contributed by atoms with Crippen molar-refractivity contribution in [2.75, 3.05) is 0 Å². The van der Waals surface area contributed by atoms with Crippen molar-refractivity contribution in [3.8, 4) is 5.69 Å². The zero-order valence-corrected chi connectivity index (χ0v) is 8.81. The van der Waals surface area contributed by atoms with E-state index in [9.17, 15) is 4.39 Å². The molecule has 0 fully saturated rings. The van der Waals surface area contributed by atoms with Crippen LogP contribution in [0.4, 0.5) is 4.39 Å². The van der Waals surface area contributed by atoms with Gasteiger partial charge in [0.2, 0.25) is 0 Å². The summed E-state index contributed by atoms with van der Waals surface area (Å²) in [5.74, 6) is 0.135. The Labute approximate surface area is 88.4 Å². The number of halogens is 1. The van der Waals surface area contributed by atoms with Crippen molar-refractivity contribution in [3.05, 3.63) is 48.3 Å². The van der Waals surface area contributed by atoms with Crippen LogP contribution in [-0.2, 0) is 0 Å². The summed E-state index contributed by atoms with van der Waals surface area (Å²) in [5.41, 5.74) is 1.55. The molecule has 0 N–H and O–H groups in total. The number of hydrogen-bond donors (Lipinski definition) is 0. The van der Waals surface area contributed by atoms with Gasteiger partial charge < -0.3 is 4.57 Å². The number of rotatable bonds is 2. The van der Waals surface area contributed by atoms with E-state index < -0.39 is 0 Å². The van der Waals surface area contributed by atoms with Gasteiger partial charge in [-0.25, -0.2) is 9.37 Å². The Hall–Kier alpha value is -1.64. The van der Waals surface area contributed by atoms with Crippen LogP contribution >= 0.6 is 0 Å². The SMILES string of the molecule is CC(C)c1ccc(-n2ccnc2)c(F)c1. The van der Waals surface area contributed by atoms with Crippen LogP contribution in [0.5, 0.6) is 0 Å². The summed E-state index contributed by atoms with van der Waals surface area (Å²) in [4.78, 5) is 3.89. The fourth-order valence-electron chi connectivity index (χ4n) is 1.49. The zero-order valence-electron chi connectivity index (χ0n) is 8.81. The monoisotopic (exact) mass is 204 g/mol. The number of hydrogen-bond acceptors (Lipinski definition) is 1.